The third-order valence-electron chi connectivity index (χ3n) is 2.72. The molecule has 1 saturated heterocycles. The zero-order valence-corrected chi connectivity index (χ0v) is 8.33. The van der Waals surface area contributed by atoms with E-state index in [2.05, 4.69) is 4.98 Å². The molecule has 1 N–H and O–H groups in total. The molecule has 0 radical (unpaired) electrons. The maximum absolute atomic E-state index is 11.9. The summed E-state index contributed by atoms with van der Waals surface area (Å²) in [6.07, 6.45) is 6.60. The number of likely N-dealkylation sites (tertiary alicyclic amines) is 1. The van der Waals surface area contributed by atoms with E-state index in [1.165, 1.54) is 12.8 Å². The van der Waals surface area contributed by atoms with Gasteiger partial charge in [0.1, 0.15) is 5.69 Å². The molecular formula is C11H16N2O. The number of nitrogens with zero attached hydrogens (tertiary/aromatic N) is 1. The molecule has 2 rings (SSSR count). The number of rotatable bonds is 1. The van der Waals surface area contributed by atoms with Crippen LogP contribution in [0, 0.1) is 0 Å². The lowest BCUT2D eigenvalue weighted by molar-refractivity contribution is 0.0756. The highest BCUT2D eigenvalue weighted by molar-refractivity contribution is 5.92. The zero-order valence-electron chi connectivity index (χ0n) is 8.33. The Morgan fingerprint density at radius 3 is 2.50 bits per heavy atom. The number of H-pyrrole nitrogens is 1. The molecule has 1 aliphatic rings. The van der Waals surface area contributed by atoms with Crippen LogP contribution in [0.5, 0.6) is 0 Å². The summed E-state index contributed by atoms with van der Waals surface area (Å²) in [5.41, 5.74) is 0.715. The number of nitrogens with one attached hydrogen (secondary N) is 1. The van der Waals surface area contributed by atoms with Crippen molar-refractivity contribution in [2.75, 3.05) is 13.1 Å². The average molecular weight is 192 g/mol. The molecule has 0 aliphatic carbocycles. The number of hydrogen-bond acceptors (Lipinski definition) is 1. The Labute approximate surface area is 84.1 Å². The number of aromatic amines is 1. The van der Waals surface area contributed by atoms with Crippen molar-refractivity contribution in [3.05, 3.63) is 24.0 Å². The van der Waals surface area contributed by atoms with Crippen molar-refractivity contribution >= 4 is 5.91 Å². The summed E-state index contributed by atoms with van der Waals surface area (Å²) in [5.74, 6) is 0.150. The molecule has 1 fully saturated rings. The number of carbonyl (C=O) groups excluding carboxylic acids is 1. The van der Waals surface area contributed by atoms with E-state index in [1.807, 2.05) is 17.0 Å². The first-order valence-electron chi connectivity index (χ1n) is 5.30. The van der Waals surface area contributed by atoms with Crippen LogP contribution in [0.15, 0.2) is 18.3 Å². The summed E-state index contributed by atoms with van der Waals surface area (Å²) in [5, 5.41) is 0. The standard InChI is InChI=1S/C11H16N2O/c14-11(10-6-5-7-12-10)13-8-3-1-2-4-9-13/h5-7,12H,1-4,8-9H2. The maximum Gasteiger partial charge on any atom is 0.270 e. The molecule has 3 nitrogen and oxygen atoms in total. The lowest BCUT2D eigenvalue weighted by Crippen LogP contribution is -2.31. The highest BCUT2D eigenvalue weighted by Gasteiger charge is 2.17. The molecule has 1 aliphatic heterocycles. The molecule has 0 spiro atoms. The van der Waals surface area contributed by atoms with Crippen LogP contribution in [0.25, 0.3) is 0 Å². The summed E-state index contributed by atoms with van der Waals surface area (Å²) < 4.78 is 0. The molecular weight excluding hydrogens is 176 g/mol. The van der Waals surface area contributed by atoms with Crippen molar-refractivity contribution in [3.63, 3.8) is 0 Å². The molecule has 1 amide bonds. The van der Waals surface area contributed by atoms with Gasteiger partial charge in [-0.1, -0.05) is 12.8 Å². The second kappa shape index (κ2) is 4.31. The number of aromatic nitrogens is 1. The van der Waals surface area contributed by atoms with Crippen LogP contribution in [0.1, 0.15) is 36.2 Å². The molecule has 0 atom stereocenters. The van der Waals surface area contributed by atoms with Crippen LogP contribution < -0.4 is 0 Å². The highest BCUT2D eigenvalue weighted by atomic mass is 16.2. The summed E-state index contributed by atoms with van der Waals surface area (Å²) >= 11 is 0. The molecule has 14 heavy (non-hydrogen) atoms. The number of hydrogen-bond donors (Lipinski definition) is 1. The zero-order chi connectivity index (χ0) is 9.80. The molecule has 0 unspecified atom stereocenters. The maximum atomic E-state index is 11.9. The smallest absolute Gasteiger partial charge is 0.270 e. The Morgan fingerprint density at radius 1 is 1.21 bits per heavy atom. The van der Waals surface area contributed by atoms with Crippen LogP contribution in [-0.4, -0.2) is 28.9 Å². The van der Waals surface area contributed by atoms with Crippen LogP contribution in [0.2, 0.25) is 0 Å². The van der Waals surface area contributed by atoms with Gasteiger partial charge in [0.15, 0.2) is 0 Å². The van der Waals surface area contributed by atoms with Gasteiger partial charge in [-0.25, -0.2) is 0 Å². The van der Waals surface area contributed by atoms with E-state index in [4.69, 9.17) is 0 Å². The topological polar surface area (TPSA) is 36.1 Å². The Bertz CT molecular complexity index is 284. The minimum absolute atomic E-state index is 0.150. The molecule has 76 valence electrons. The minimum Gasteiger partial charge on any atom is -0.357 e. The second-order valence-electron chi connectivity index (χ2n) is 3.79. The monoisotopic (exact) mass is 192 g/mol. The van der Waals surface area contributed by atoms with Crippen LogP contribution in [0.4, 0.5) is 0 Å². The highest BCUT2D eigenvalue weighted by Crippen LogP contribution is 2.12. The predicted molar refractivity (Wildman–Crippen MR) is 55.2 cm³/mol. The Kier molecular flexibility index (Phi) is 2.87. The summed E-state index contributed by atoms with van der Waals surface area (Å²) in [6.45, 7) is 1.83. The third kappa shape index (κ3) is 1.97. The lowest BCUT2D eigenvalue weighted by atomic mass is 10.2. The van der Waals surface area contributed by atoms with E-state index in [9.17, 15) is 4.79 Å². The van der Waals surface area contributed by atoms with E-state index < -0.39 is 0 Å². The molecule has 0 saturated carbocycles. The lowest BCUT2D eigenvalue weighted by Gasteiger charge is -2.19. The molecule has 0 aromatic carbocycles. The van der Waals surface area contributed by atoms with Crippen LogP contribution in [0.3, 0.4) is 0 Å². The Morgan fingerprint density at radius 2 is 1.93 bits per heavy atom. The van der Waals surface area contributed by atoms with Crippen molar-refractivity contribution < 1.29 is 4.79 Å². The molecule has 1 aromatic rings. The van der Waals surface area contributed by atoms with Gasteiger partial charge in [-0.2, -0.15) is 0 Å². The summed E-state index contributed by atoms with van der Waals surface area (Å²) in [4.78, 5) is 16.8. The van der Waals surface area contributed by atoms with Gasteiger partial charge in [-0.15, -0.1) is 0 Å². The Hall–Kier alpha value is -1.25. The van der Waals surface area contributed by atoms with E-state index in [-0.39, 0.29) is 5.91 Å². The van der Waals surface area contributed by atoms with Gasteiger partial charge < -0.3 is 9.88 Å². The van der Waals surface area contributed by atoms with Crippen molar-refractivity contribution in [3.8, 4) is 0 Å². The fourth-order valence-electron chi connectivity index (χ4n) is 1.91. The van der Waals surface area contributed by atoms with Gasteiger partial charge in [0, 0.05) is 19.3 Å². The van der Waals surface area contributed by atoms with Crippen molar-refractivity contribution in [1.29, 1.82) is 0 Å². The normalized spacial score (nSPS) is 17.9. The van der Waals surface area contributed by atoms with Crippen LogP contribution >= 0.6 is 0 Å². The van der Waals surface area contributed by atoms with Crippen LogP contribution in [-0.2, 0) is 0 Å². The number of carbonyl (C=O) groups is 1. The van der Waals surface area contributed by atoms with Crippen molar-refractivity contribution in [2.24, 2.45) is 0 Å². The number of amides is 1. The fraction of sp³-hybridized carbons (Fsp3) is 0.545. The van der Waals surface area contributed by atoms with Gasteiger partial charge >= 0.3 is 0 Å². The van der Waals surface area contributed by atoms with Gasteiger partial charge in [0.25, 0.3) is 5.91 Å². The third-order valence-corrected chi connectivity index (χ3v) is 2.72. The van der Waals surface area contributed by atoms with Crippen molar-refractivity contribution in [1.82, 2.24) is 9.88 Å². The average Bonchev–Trinajstić information content (AvgIpc) is 2.59. The molecule has 1 aromatic heterocycles. The summed E-state index contributed by atoms with van der Waals surface area (Å²) in [7, 11) is 0. The van der Waals surface area contributed by atoms with Gasteiger partial charge in [0.2, 0.25) is 0 Å². The second-order valence-corrected chi connectivity index (χ2v) is 3.79. The van der Waals surface area contributed by atoms with Gasteiger partial charge in [0.05, 0.1) is 0 Å². The largest absolute Gasteiger partial charge is 0.357 e. The molecule has 0 bridgehead atoms. The van der Waals surface area contributed by atoms with Crippen molar-refractivity contribution in [2.45, 2.75) is 25.7 Å². The Balaban J connectivity index is 2.03. The van der Waals surface area contributed by atoms with E-state index in [0.29, 0.717) is 5.69 Å². The first-order valence-corrected chi connectivity index (χ1v) is 5.30. The fourth-order valence-corrected chi connectivity index (χ4v) is 1.91. The summed E-state index contributed by atoms with van der Waals surface area (Å²) in [6, 6.07) is 3.71. The molecule has 2 heterocycles. The predicted octanol–water partition coefficient (Wildman–Crippen LogP) is 2.03. The first-order chi connectivity index (χ1) is 6.88. The van der Waals surface area contributed by atoms with E-state index in [0.717, 1.165) is 25.9 Å². The molecule has 3 heteroatoms. The first kappa shape index (κ1) is 9.31. The van der Waals surface area contributed by atoms with E-state index >= 15 is 0 Å². The SMILES string of the molecule is O=C(c1ccc[nH]1)N1CCCCCC1. The minimum atomic E-state index is 0.150. The van der Waals surface area contributed by atoms with Gasteiger partial charge in [-0.05, 0) is 25.0 Å². The quantitative estimate of drug-likeness (QED) is 0.726. The van der Waals surface area contributed by atoms with E-state index in [1.54, 1.807) is 6.20 Å². The van der Waals surface area contributed by atoms with Gasteiger partial charge in [-0.3, -0.25) is 4.79 Å².